The van der Waals surface area contributed by atoms with Gasteiger partial charge in [-0.05, 0) is 12.1 Å². The summed E-state index contributed by atoms with van der Waals surface area (Å²) >= 11 is 1.59. The molecule has 0 atom stereocenters. The van der Waals surface area contributed by atoms with Crippen LogP contribution in [0.25, 0.3) is 43.9 Å². The first-order valence-corrected chi connectivity index (χ1v) is 8.96. The molecule has 5 nitrogen and oxygen atoms in total. The lowest BCUT2D eigenvalue weighted by atomic mass is 10.0. The minimum absolute atomic E-state index is 0.151. The summed E-state index contributed by atoms with van der Waals surface area (Å²) in [7, 11) is 0. The second-order valence-electron chi connectivity index (χ2n) is 5.86. The number of thiazole rings is 1. The number of nitrogens with one attached hydrogen (secondary N) is 1. The van der Waals surface area contributed by atoms with Gasteiger partial charge in [0.1, 0.15) is 0 Å². The maximum Gasteiger partial charge on any atom is 0.209 e. The van der Waals surface area contributed by atoms with Gasteiger partial charge in [-0.2, -0.15) is 0 Å². The quantitative estimate of drug-likeness (QED) is 0.513. The van der Waals surface area contributed by atoms with Crippen molar-refractivity contribution < 1.29 is 0 Å². The largest absolute Gasteiger partial charge is 0.345 e. The smallest absolute Gasteiger partial charge is 0.209 e. The van der Waals surface area contributed by atoms with Gasteiger partial charge in [0.15, 0.2) is 11.2 Å². The third kappa shape index (κ3) is 2.39. The first kappa shape index (κ1) is 14.9. The Bertz CT molecular complexity index is 1310. The lowest BCUT2D eigenvalue weighted by molar-refractivity contribution is 1.22. The van der Waals surface area contributed by atoms with Gasteiger partial charge >= 0.3 is 0 Å². The van der Waals surface area contributed by atoms with Crippen molar-refractivity contribution in [2.24, 2.45) is 0 Å². The number of benzene rings is 2. The van der Waals surface area contributed by atoms with Gasteiger partial charge in [0, 0.05) is 23.4 Å². The van der Waals surface area contributed by atoms with Crippen LogP contribution in [0.1, 0.15) is 0 Å². The standard InChI is InChI=1S/C20H12N4OS/c25-15-8-9-21-20-19(15)23-18(17(24-20)12-4-2-1-3-5-12)13-6-7-16-14(10-13)22-11-26-16/h1-11H,(H,21,24,25). The first-order chi connectivity index (χ1) is 12.8. The molecule has 0 unspecified atom stereocenters. The predicted molar refractivity (Wildman–Crippen MR) is 104 cm³/mol. The van der Waals surface area contributed by atoms with Crippen LogP contribution in [0.4, 0.5) is 0 Å². The van der Waals surface area contributed by atoms with Crippen LogP contribution in [0, 0.1) is 0 Å². The Balaban J connectivity index is 1.86. The fraction of sp³-hybridized carbons (Fsp3) is 0. The van der Waals surface area contributed by atoms with Crippen LogP contribution >= 0.6 is 11.3 Å². The van der Waals surface area contributed by atoms with Crippen molar-refractivity contribution in [3.63, 3.8) is 0 Å². The molecule has 0 radical (unpaired) electrons. The summed E-state index contributed by atoms with van der Waals surface area (Å²) < 4.78 is 1.11. The molecule has 0 saturated carbocycles. The Morgan fingerprint density at radius 2 is 1.73 bits per heavy atom. The highest BCUT2D eigenvalue weighted by molar-refractivity contribution is 7.16. The number of aromatic nitrogens is 4. The van der Waals surface area contributed by atoms with Crippen molar-refractivity contribution in [2.45, 2.75) is 0 Å². The van der Waals surface area contributed by atoms with E-state index in [0.29, 0.717) is 16.9 Å². The maximum absolute atomic E-state index is 12.2. The van der Waals surface area contributed by atoms with Crippen molar-refractivity contribution in [3.8, 4) is 22.5 Å². The highest BCUT2D eigenvalue weighted by Gasteiger charge is 2.15. The number of aromatic amines is 1. The molecular formula is C20H12N4OS. The second kappa shape index (κ2) is 5.86. The van der Waals surface area contributed by atoms with E-state index in [1.54, 1.807) is 17.5 Å². The molecule has 6 heteroatoms. The Morgan fingerprint density at radius 3 is 2.62 bits per heavy atom. The monoisotopic (exact) mass is 356 g/mol. The van der Waals surface area contributed by atoms with Crippen LogP contribution in [0.5, 0.6) is 0 Å². The molecule has 3 heterocycles. The fourth-order valence-corrected chi connectivity index (χ4v) is 3.65. The molecule has 124 valence electrons. The van der Waals surface area contributed by atoms with Crippen molar-refractivity contribution in [3.05, 3.63) is 76.5 Å². The zero-order chi connectivity index (χ0) is 17.5. The van der Waals surface area contributed by atoms with E-state index in [9.17, 15) is 4.79 Å². The van der Waals surface area contributed by atoms with E-state index in [1.807, 2.05) is 54.0 Å². The molecule has 0 fully saturated rings. The Hall–Kier alpha value is -3.38. The van der Waals surface area contributed by atoms with Crippen LogP contribution in [0.2, 0.25) is 0 Å². The molecule has 0 aliphatic rings. The molecular weight excluding hydrogens is 344 g/mol. The molecule has 26 heavy (non-hydrogen) atoms. The Morgan fingerprint density at radius 1 is 0.885 bits per heavy atom. The van der Waals surface area contributed by atoms with Crippen molar-refractivity contribution >= 4 is 32.7 Å². The number of pyridine rings is 1. The number of nitrogens with zero attached hydrogens (tertiary/aromatic N) is 3. The molecule has 0 aliphatic heterocycles. The third-order valence-corrected chi connectivity index (χ3v) is 5.05. The average Bonchev–Trinajstić information content (AvgIpc) is 3.16. The lowest BCUT2D eigenvalue weighted by Gasteiger charge is -2.10. The zero-order valence-electron chi connectivity index (χ0n) is 13.5. The van der Waals surface area contributed by atoms with Crippen LogP contribution < -0.4 is 5.43 Å². The van der Waals surface area contributed by atoms with Crippen molar-refractivity contribution in [1.82, 2.24) is 19.9 Å². The Labute approximate surface area is 152 Å². The summed E-state index contributed by atoms with van der Waals surface area (Å²) in [6, 6.07) is 17.3. The molecule has 0 bridgehead atoms. The van der Waals surface area contributed by atoms with E-state index < -0.39 is 0 Å². The van der Waals surface area contributed by atoms with Gasteiger partial charge in [-0.3, -0.25) is 4.79 Å². The van der Waals surface area contributed by atoms with Gasteiger partial charge in [-0.1, -0.05) is 36.4 Å². The Kier molecular flexibility index (Phi) is 3.36. The topological polar surface area (TPSA) is 71.5 Å². The summed E-state index contributed by atoms with van der Waals surface area (Å²) in [5.74, 6) is 0. The van der Waals surface area contributed by atoms with Gasteiger partial charge in [-0.25, -0.2) is 15.0 Å². The molecule has 0 spiro atoms. The molecule has 5 aromatic rings. The van der Waals surface area contributed by atoms with Crippen molar-refractivity contribution in [1.29, 1.82) is 0 Å². The summed E-state index contributed by atoms with van der Waals surface area (Å²) in [6.45, 7) is 0. The van der Waals surface area contributed by atoms with Gasteiger partial charge in [0.25, 0.3) is 0 Å². The summed E-state index contributed by atoms with van der Waals surface area (Å²) in [6.07, 6.45) is 1.59. The fourth-order valence-electron chi connectivity index (χ4n) is 2.99. The van der Waals surface area contributed by atoms with Crippen LogP contribution in [-0.4, -0.2) is 19.9 Å². The summed E-state index contributed by atoms with van der Waals surface area (Å²) in [5.41, 5.74) is 6.64. The highest BCUT2D eigenvalue weighted by Crippen LogP contribution is 2.32. The van der Waals surface area contributed by atoms with E-state index in [2.05, 4.69) is 15.0 Å². The minimum Gasteiger partial charge on any atom is -0.345 e. The number of rotatable bonds is 2. The molecule has 1 N–H and O–H groups in total. The summed E-state index contributed by atoms with van der Waals surface area (Å²) in [5, 5.41) is 0. The van der Waals surface area contributed by atoms with E-state index in [4.69, 9.17) is 4.98 Å². The normalized spacial score (nSPS) is 11.2. The van der Waals surface area contributed by atoms with Crippen LogP contribution in [0.15, 0.2) is 71.1 Å². The predicted octanol–water partition coefficient (Wildman–Crippen LogP) is 4.26. The van der Waals surface area contributed by atoms with E-state index in [1.165, 1.54) is 6.07 Å². The van der Waals surface area contributed by atoms with Gasteiger partial charge < -0.3 is 4.98 Å². The van der Waals surface area contributed by atoms with Gasteiger partial charge in [0.05, 0.1) is 27.1 Å². The van der Waals surface area contributed by atoms with Gasteiger partial charge in [-0.15, -0.1) is 11.3 Å². The van der Waals surface area contributed by atoms with E-state index in [-0.39, 0.29) is 5.43 Å². The zero-order valence-corrected chi connectivity index (χ0v) is 14.3. The molecule has 0 saturated heterocycles. The molecule has 2 aromatic carbocycles. The molecule has 0 amide bonds. The van der Waals surface area contributed by atoms with Crippen LogP contribution in [0.3, 0.4) is 0 Å². The second-order valence-corrected chi connectivity index (χ2v) is 6.75. The maximum atomic E-state index is 12.2. The molecule has 3 aromatic heterocycles. The summed E-state index contributed by atoms with van der Waals surface area (Å²) in [4.78, 5) is 29.1. The highest BCUT2D eigenvalue weighted by atomic mass is 32.1. The number of fused-ring (bicyclic) bond motifs is 2. The average molecular weight is 356 g/mol. The number of hydrogen-bond donors (Lipinski definition) is 1. The minimum atomic E-state index is -0.151. The first-order valence-electron chi connectivity index (χ1n) is 8.08. The molecule has 0 aliphatic carbocycles. The van der Waals surface area contributed by atoms with E-state index in [0.717, 1.165) is 27.0 Å². The SMILES string of the molecule is O=c1cc[nH]c2nc(-c3ccccc3)c(-c3ccc4scnc4c3)nc12. The lowest BCUT2D eigenvalue weighted by Crippen LogP contribution is -2.06. The number of H-pyrrole nitrogens is 1. The molecule has 5 rings (SSSR count). The van der Waals surface area contributed by atoms with Crippen molar-refractivity contribution in [2.75, 3.05) is 0 Å². The van der Waals surface area contributed by atoms with E-state index >= 15 is 0 Å². The third-order valence-electron chi connectivity index (χ3n) is 4.24. The van der Waals surface area contributed by atoms with Gasteiger partial charge in [0.2, 0.25) is 5.43 Å². The number of hydrogen-bond acceptors (Lipinski definition) is 5. The van der Waals surface area contributed by atoms with Crippen LogP contribution in [-0.2, 0) is 0 Å².